The van der Waals surface area contributed by atoms with E-state index in [1.165, 1.54) is 7.11 Å². The van der Waals surface area contributed by atoms with Crippen molar-refractivity contribution in [2.45, 2.75) is 12.5 Å². The summed E-state index contributed by atoms with van der Waals surface area (Å²) in [4.78, 5) is 11.2. The number of rotatable bonds is 4. The van der Waals surface area contributed by atoms with Crippen molar-refractivity contribution >= 4 is 18.4 Å². The maximum atomic E-state index is 11.2. The minimum absolute atomic E-state index is 0. The molecule has 16 heavy (non-hydrogen) atoms. The Bertz CT molecular complexity index is 318. The van der Waals surface area contributed by atoms with Crippen LogP contribution in [0.15, 0.2) is 30.3 Å². The first kappa shape index (κ1) is 14.9. The minimum atomic E-state index is -1.10. The summed E-state index contributed by atoms with van der Waals surface area (Å²) in [7, 11) is 1.20. The highest BCUT2D eigenvalue weighted by Gasteiger charge is 2.25. The molecule has 1 unspecified atom stereocenters. The molecule has 0 aliphatic rings. The quantitative estimate of drug-likeness (QED) is 0.620. The van der Waals surface area contributed by atoms with E-state index >= 15 is 0 Å². The molecule has 1 rings (SSSR count). The van der Waals surface area contributed by atoms with Crippen molar-refractivity contribution < 1.29 is 19.9 Å². The molecule has 0 bridgehead atoms. The van der Waals surface area contributed by atoms with E-state index in [9.17, 15) is 4.79 Å². The van der Waals surface area contributed by atoms with Crippen molar-refractivity contribution in [1.82, 2.24) is 5.23 Å². The van der Waals surface area contributed by atoms with Gasteiger partial charge in [-0.1, -0.05) is 35.6 Å². The number of nitrogens with zero attached hydrogens (tertiary/aromatic N) is 1. The number of hydroxylamine groups is 2. The first-order chi connectivity index (χ1) is 7.15. The number of hydrogen-bond acceptors (Lipinski definition) is 5. The molecular weight excluding hydrogens is 234 g/mol. The van der Waals surface area contributed by atoms with E-state index in [0.29, 0.717) is 0 Å². The van der Waals surface area contributed by atoms with Gasteiger partial charge >= 0.3 is 5.97 Å². The Morgan fingerprint density at radius 3 is 2.38 bits per heavy atom. The molecule has 0 aliphatic carbocycles. The van der Waals surface area contributed by atoms with Crippen LogP contribution in [0.5, 0.6) is 0 Å². The van der Waals surface area contributed by atoms with Crippen LogP contribution in [0.25, 0.3) is 0 Å². The smallest absolute Gasteiger partial charge is 0.328 e. The number of carbonyl (C=O) groups excluding carboxylic acids is 1. The van der Waals surface area contributed by atoms with Crippen LogP contribution >= 0.6 is 12.4 Å². The summed E-state index contributed by atoms with van der Waals surface area (Å²) in [5.41, 5.74) is 0.820. The second-order valence-corrected chi connectivity index (χ2v) is 3.05. The Morgan fingerprint density at radius 1 is 1.38 bits per heavy atom. The van der Waals surface area contributed by atoms with Gasteiger partial charge in [0.2, 0.25) is 0 Å². The first-order valence-electron chi connectivity index (χ1n) is 4.44. The predicted octanol–water partition coefficient (Wildman–Crippen LogP) is 1.27. The van der Waals surface area contributed by atoms with E-state index in [4.69, 9.17) is 10.4 Å². The lowest BCUT2D eigenvalue weighted by Crippen LogP contribution is -2.39. The highest BCUT2D eigenvalue weighted by Crippen LogP contribution is 2.07. The Balaban J connectivity index is 0.00000225. The molecule has 0 amide bonds. The third-order valence-electron chi connectivity index (χ3n) is 2.02. The lowest BCUT2D eigenvalue weighted by molar-refractivity contribution is -0.327. The van der Waals surface area contributed by atoms with Crippen molar-refractivity contribution in [3.05, 3.63) is 35.9 Å². The number of esters is 1. The summed E-state index contributed by atoms with van der Waals surface area (Å²) in [5, 5.41) is 17.6. The Labute approximate surface area is 99.6 Å². The van der Waals surface area contributed by atoms with Crippen LogP contribution in [-0.2, 0) is 16.0 Å². The van der Waals surface area contributed by atoms with Gasteiger partial charge in [-0.2, -0.15) is 0 Å². The number of hydrogen-bond donors (Lipinski definition) is 2. The van der Waals surface area contributed by atoms with Crippen LogP contribution in [0.1, 0.15) is 5.56 Å². The molecule has 1 atom stereocenters. The summed E-state index contributed by atoms with van der Waals surface area (Å²) in [6, 6.07) is 7.94. The van der Waals surface area contributed by atoms with E-state index < -0.39 is 12.0 Å². The van der Waals surface area contributed by atoms with Crippen molar-refractivity contribution in [2.75, 3.05) is 7.11 Å². The maximum Gasteiger partial charge on any atom is 0.328 e. The van der Waals surface area contributed by atoms with Gasteiger partial charge in [-0.05, 0) is 5.56 Å². The minimum Gasteiger partial charge on any atom is -0.468 e. The number of halogens is 1. The zero-order valence-electron chi connectivity index (χ0n) is 8.74. The monoisotopic (exact) mass is 247 g/mol. The van der Waals surface area contributed by atoms with Crippen LogP contribution < -0.4 is 0 Å². The van der Waals surface area contributed by atoms with E-state index in [0.717, 1.165) is 5.56 Å². The predicted molar refractivity (Wildman–Crippen MR) is 58.6 cm³/mol. The van der Waals surface area contributed by atoms with E-state index in [1.807, 2.05) is 18.2 Å². The average Bonchev–Trinajstić information content (AvgIpc) is 2.26. The van der Waals surface area contributed by atoms with Gasteiger partial charge in [0, 0.05) is 6.42 Å². The van der Waals surface area contributed by atoms with Gasteiger partial charge in [-0.3, -0.25) is 15.2 Å². The van der Waals surface area contributed by atoms with Crippen molar-refractivity contribution in [1.29, 1.82) is 0 Å². The molecule has 1 aromatic carbocycles. The zero-order valence-corrected chi connectivity index (χ0v) is 9.55. The zero-order chi connectivity index (χ0) is 11.3. The van der Waals surface area contributed by atoms with Gasteiger partial charge in [0.15, 0.2) is 6.04 Å². The van der Waals surface area contributed by atoms with Crippen molar-refractivity contribution in [3.63, 3.8) is 0 Å². The summed E-state index contributed by atoms with van der Waals surface area (Å²) in [5.74, 6) is -0.691. The highest BCUT2D eigenvalue weighted by molar-refractivity contribution is 5.85. The van der Waals surface area contributed by atoms with Crippen LogP contribution in [0.4, 0.5) is 0 Å². The second-order valence-electron chi connectivity index (χ2n) is 3.05. The van der Waals surface area contributed by atoms with Gasteiger partial charge in [0.05, 0.1) is 7.11 Å². The molecule has 0 saturated heterocycles. The third kappa shape index (κ3) is 4.16. The van der Waals surface area contributed by atoms with Crippen molar-refractivity contribution in [3.8, 4) is 0 Å². The number of ether oxygens (including phenoxy) is 1. The topological polar surface area (TPSA) is 70.0 Å². The molecular formula is C10H14ClNO4. The Kier molecular flexibility index (Phi) is 6.67. The van der Waals surface area contributed by atoms with Gasteiger partial charge < -0.3 is 4.74 Å². The van der Waals surface area contributed by atoms with Crippen LogP contribution in [0.2, 0.25) is 0 Å². The van der Waals surface area contributed by atoms with Crippen LogP contribution in [0.3, 0.4) is 0 Å². The molecule has 2 N–H and O–H groups in total. The largest absolute Gasteiger partial charge is 0.468 e. The normalized spacial score (nSPS) is 11.8. The standard InChI is InChI=1S/C10H13NO4.ClH/c1-15-10(12)9(11(13)14)7-8-5-3-2-4-6-8;/h2-6,9,13-14H,7H2,1H3;1H. The lowest BCUT2D eigenvalue weighted by atomic mass is 10.1. The fourth-order valence-corrected chi connectivity index (χ4v) is 1.23. The highest BCUT2D eigenvalue weighted by atomic mass is 35.5. The molecule has 6 heteroatoms. The average molecular weight is 248 g/mol. The number of carbonyl (C=O) groups is 1. The fourth-order valence-electron chi connectivity index (χ4n) is 1.23. The summed E-state index contributed by atoms with van der Waals surface area (Å²) < 4.78 is 4.45. The molecule has 0 saturated carbocycles. The van der Waals surface area contributed by atoms with Gasteiger partial charge in [-0.25, -0.2) is 0 Å². The van der Waals surface area contributed by atoms with Crippen LogP contribution in [0, 0.1) is 0 Å². The fraction of sp³-hybridized carbons (Fsp3) is 0.300. The van der Waals surface area contributed by atoms with Gasteiger partial charge in [-0.15, -0.1) is 12.4 Å². The lowest BCUT2D eigenvalue weighted by Gasteiger charge is -2.17. The molecule has 0 aliphatic heterocycles. The SMILES string of the molecule is COC(=O)C(Cc1ccccc1)N(O)O.Cl. The van der Waals surface area contributed by atoms with Crippen molar-refractivity contribution in [2.24, 2.45) is 0 Å². The van der Waals surface area contributed by atoms with E-state index in [1.54, 1.807) is 12.1 Å². The van der Waals surface area contributed by atoms with Crippen LogP contribution in [-0.4, -0.2) is 34.8 Å². The molecule has 0 heterocycles. The third-order valence-corrected chi connectivity index (χ3v) is 2.02. The number of methoxy groups -OCH3 is 1. The second kappa shape index (κ2) is 7.19. The molecule has 0 radical (unpaired) electrons. The summed E-state index contributed by atoms with van der Waals surface area (Å²) in [6.45, 7) is 0. The molecule has 0 spiro atoms. The Morgan fingerprint density at radius 2 is 1.94 bits per heavy atom. The maximum absolute atomic E-state index is 11.2. The molecule has 1 aromatic rings. The Hall–Kier alpha value is -1.14. The number of benzene rings is 1. The van der Waals surface area contributed by atoms with Gasteiger partial charge in [0.25, 0.3) is 0 Å². The summed E-state index contributed by atoms with van der Waals surface area (Å²) >= 11 is 0. The van der Waals surface area contributed by atoms with E-state index in [2.05, 4.69) is 4.74 Å². The molecule has 5 nitrogen and oxygen atoms in total. The molecule has 0 fully saturated rings. The summed E-state index contributed by atoms with van der Waals surface area (Å²) in [6.07, 6.45) is 0.181. The van der Waals surface area contributed by atoms with E-state index in [-0.39, 0.29) is 24.1 Å². The molecule has 90 valence electrons. The molecule has 0 aromatic heterocycles. The first-order valence-corrected chi connectivity index (χ1v) is 4.44. The van der Waals surface area contributed by atoms with Gasteiger partial charge in [0.1, 0.15) is 0 Å².